The Labute approximate surface area is 114 Å². The van der Waals surface area contributed by atoms with Gasteiger partial charge in [-0.15, -0.1) is 0 Å². The first-order valence-corrected chi connectivity index (χ1v) is 6.87. The number of Topliss-reactive ketones (excluding diaryl/α,β-unsaturated/α-hetero) is 1. The molecular formula is C16H22N2O. The number of hydrogen-bond acceptors (Lipinski definition) is 2. The molecule has 1 aromatic heterocycles. The normalized spacial score (nSPS) is 12.0. The zero-order valence-corrected chi connectivity index (χ0v) is 12.2. The van der Waals surface area contributed by atoms with Gasteiger partial charge in [-0.1, -0.05) is 39.0 Å². The summed E-state index contributed by atoms with van der Waals surface area (Å²) in [5, 5.41) is 5.68. The van der Waals surface area contributed by atoms with Crippen molar-refractivity contribution in [1.82, 2.24) is 9.78 Å². The Morgan fingerprint density at radius 3 is 2.58 bits per heavy atom. The summed E-state index contributed by atoms with van der Waals surface area (Å²) in [5.41, 5.74) is 2.07. The van der Waals surface area contributed by atoms with Gasteiger partial charge in [0.2, 0.25) is 0 Å². The molecular weight excluding hydrogens is 236 g/mol. The van der Waals surface area contributed by atoms with Crippen LogP contribution in [0.5, 0.6) is 0 Å². The number of aryl methyl sites for hydroxylation is 1. The van der Waals surface area contributed by atoms with Crippen LogP contribution in [0, 0.1) is 5.41 Å². The zero-order chi connectivity index (χ0) is 14.0. The first-order chi connectivity index (χ1) is 8.90. The average molecular weight is 258 g/mol. The van der Waals surface area contributed by atoms with E-state index in [-0.39, 0.29) is 11.2 Å². The third-order valence-corrected chi connectivity index (χ3v) is 3.13. The molecule has 0 bridgehead atoms. The maximum Gasteiger partial charge on any atom is 0.139 e. The number of ketones is 1. The summed E-state index contributed by atoms with van der Waals surface area (Å²) in [7, 11) is 0. The van der Waals surface area contributed by atoms with Gasteiger partial charge in [-0.25, -0.2) is 0 Å². The summed E-state index contributed by atoms with van der Waals surface area (Å²) in [6, 6.07) is 8.12. The number of hydrogen-bond donors (Lipinski definition) is 0. The number of aromatic nitrogens is 2. The molecule has 0 aliphatic rings. The summed E-state index contributed by atoms with van der Waals surface area (Å²) >= 11 is 0. The highest BCUT2D eigenvalue weighted by Gasteiger charge is 2.18. The Balaban J connectivity index is 2.28. The van der Waals surface area contributed by atoms with Crippen LogP contribution >= 0.6 is 0 Å². The number of carbonyl (C=O) groups excluding carboxylic acids is 1. The van der Waals surface area contributed by atoms with Crippen molar-refractivity contribution in [2.24, 2.45) is 5.41 Å². The maximum absolute atomic E-state index is 12.1. The fourth-order valence-corrected chi connectivity index (χ4v) is 2.41. The number of carbonyl (C=O) groups is 1. The first-order valence-electron chi connectivity index (χ1n) is 6.87. The molecule has 0 fully saturated rings. The molecule has 0 amide bonds. The van der Waals surface area contributed by atoms with Crippen molar-refractivity contribution < 1.29 is 4.79 Å². The van der Waals surface area contributed by atoms with Crippen molar-refractivity contribution in [1.29, 1.82) is 0 Å². The standard InChI is InChI=1S/C16H22N2O/c1-5-18-15-9-7-6-8-13(15)14(17-18)10-12(19)11-16(2,3)4/h6-9H,5,10-11H2,1-4H3. The van der Waals surface area contributed by atoms with Crippen LogP contribution in [-0.4, -0.2) is 15.6 Å². The third-order valence-electron chi connectivity index (χ3n) is 3.13. The summed E-state index contributed by atoms with van der Waals surface area (Å²) in [5.74, 6) is 0.263. The van der Waals surface area contributed by atoms with Crippen molar-refractivity contribution in [3.05, 3.63) is 30.0 Å². The lowest BCUT2D eigenvalue weighted by Crippen LogP contribution is -2.15. The van der Waals surface area contributed by atoms with E-state index in [2.05, 4.69) is 38.9 Å². The first kappa shape index (κ1) is 13.8. The Morgan fingerprint density at radius 1 is 1.26 bits per heavy atom. The predicted octanol–water partition coefficient (Wildman–Crippen LogP) is 3.60. The highest BCUT2D eigenvalue weighted by atomic mass is 16.1. The van der Waals surface area contributed by atoms with Crippen molar-refractivity contribution in [2.75, 3.05) is 0 Å². The van der Waals surface area contributed by atoms with E-state index in [0.29, 0.717) is 12.8 Å². The molecule has 3 nitrogen and oxygen atoms in total. The van der Waals surface area contributed by atoms with E-state index in [9.17, 15) is 4.79 Å². The number of benzene rings is 1. The summed E-state index contributed by atoms with van der Waals surface area (Å²) in [4.78, 5) is 12.1. The molecule has 0 saturated carbocycles. The molecule has 0 aliphatic carbocycles. The van der Waals surface area contributed by atoms with E-state index >= 15 is 0 Å². The molecule has 0 N–H and O–H groups in total. The van der Waals surface area contributed by atoms with E-state index in [1.165, 1.54) is 0 Å². The Hall–Kier alpha value is -1.64. The van der Waals surface area contributed by atoms with Crippen LogP contribution in [0.4, 0.5) is 0 Å². The molecule has 0 spiro atoms. The highest BCUT2D eigenvalue weighted by Crippen LogP contribution is 2.23. The van der Waals surface area contributed by atoms with Crippen LogP contribution in [0.1, 0.15) is 39.8 Å². The number of nitrogens with zero attached hydrogens (tertiary/aromatic N) is 2. The van der Waals surface area contributed by atoms with Gasteiger partial charge >= 0.3 is 0 Å². The molecule has 3 heteroatoms. The predicted molar refractivity (Wildman–Crippen MR) is 78.2 cm³/mol. The molecule has 19 heavy (non-hydrogen) atoms. The largest absolute Gasteiger partial charge is 0.299 e. The summed E-state index contributed by atoms with van der Waals surface area (Å²) in [6.07, 6.45) is 1.03. The second-order valence-electron chi connectivity index (χ2n) is 6.23. The lowest BCUT2D eigenvalue weighted by molar-refractivity contribution is -0.120. The lowest BCUT2D eigenvalue weighted by Gasteiger charge is -2.16. The minimum Gasteiger partial charge on any atom is -0.299 e. The number of para-hydroxylation sites is 1. The summed E-state index contributed by atoms with van der Waals surface area (Å²) in [6.45, 7) is 9.17. The van der Waals surface area contributed by atoms with Crippen molar-refractivity contribution >= 4 is 16.7 Å². The molecule has 0 unspecified atom stereocenters. The molecule has 0 atom stereocenters. The molecule has 1 aromatic carbocycles. The quantitative estimate of drug-likeness (QED) is 0.839. The van der Waals surface area contributed by atoms with Crippen LogP contribution in [0.15, 0.2) is 24.3 Å². The van der Waals surface area contributed by atoms with Gasteiger partial charge in [0.05, 0.1) is 17.6 Å². The molecule has 2 aromatic rings. The molecule has 0 saturated heterocycles. The number of rotatable bonds is 4. The Morgan fingerprint density at radius 2 is 1.95 bits per heavy atom. The molecule has 2 rings (SSSR count). The fourth-order valence-electron chi connectivity index (χ4n) is 2.41. The molecule has 0 radical (unpaired) electrons. The third kappa shape index (κ3) is 3.22. The van der Waals surface area contributed by atoms with E-state index in [4.69, 9.17) is 0 Å². The minimum absolute atomic E-state index is 0.0419. The van der Waals surface area contributed by atoms with E-state index in [0.717, 1.165) is 23.1 Å². The number of fused-ring (bicyclic) bond motifs is 1. The fraction of sp³-hybridized carbons (Fsp3) is 0.500. The monoisotopic (exact) mass is 258 g/mol. The molecule has 102 valence electrons. The van der Waals surface area contributed by atoms with Crippen LogP contribution in [-0.2, 0) is 17.8 Å². The summed E-state index contributed by atoms with van der Waals surface area (Å²) < 4.78 is 1.97. The van der Waals surface area contributed by atoms with Gasteiger partial charge in [-0.05, 0) is 18.4 Å². The van der Waals surface area contributed by atoms with E-state index < -0.39 is 0 Å². The van der Waals surface area contributed by atoms with Crippen LogP contribution in [0.2, 0.25) is 0 Å². The van der Waals surface area contributed by atoms with Gasteiger partial charge in [-0.3, -0.25) is 9.48 Å². The van der Waals surface area contributed by atoms with Gasteiger partial charge in [0.15, 0.2) is 0 Å². The van der Waals surface area contributed by atoms with Gasteiger partial charge in [0, 0.05) is 18.4 Å². The van der Waals surface area contributed by atoms with Gasteiger partial charge in [0.1, 0.15) is 5.78 Å². The van der Waals surface area contributed by atoms with E-state index in [1.54, 1.807) is 0 Å². The van der Waals surface area contributed by atoms with Crippen LogP contribution in [0.3, 0.4) is 0 Å². The topological polar surface area (TPSA) is 34.9 Å². The van der Waals surface area contributed by atoms with Crippen molar-refractivity contribution in [3.63, 3.8) is 0 Å². The Bertz CT molecular complexity index is 590. The second kappa shape index (κ2) is 5.16. The van der Waals surface area contributed by atoms with Crippen molar-refractivity contribution in [3.8, 4) is 0 Å². The van der Waals surface area contributed by atoms with Crippen LogP contribution < -0.4 is 0 Å². The van der Waals surface area contributed by atoms with E-state index in [1.807, 2.05) is 22.9 Å². The molecule has 1 heterocycles. The van der Waals surface area contributed by atoms with Gasteiger partial charge in [-0.2, -0.15) is 5.10 Å². The second-order valence-corrected chi connectivity index (χ2v) is 6.23. The minimum atomic E-state index is 0.0419. The smallest absolute Gasteiger partial charge is 0.139 e. The zero-order valence-electron chi connectivity index (χ0n) is 12.2. The maximum atomic E-state index is 12.1. The SMILES string of the molecule is CCn1nc(CC(=O)CC(C)(C)C)c2ccccc21. The lowest BCUT2D eigenvalue weighted by atomic mass is 9.88. The van der Waals surface area contributed by atoms with Gasteiger partial charge in [0.25, 0.3) is 0 Å². The Kier molecular flexibility index (Phi) is 3.74. The average Bonchev–Trinajstić information content (AvgIpc) is 2.65. The van der Waals surface area contributed by atoms with Gasteiger partial charge < -0.3 is 0 Å². The van der Waals surface area contributed by atoms with Crippen molar-refractivity contribution in [2.45, 2.75) is 47.1 Å². The van der Waals surface area contributed by atoms with Crippen LogP contribution in [0.25, 0.3) is 10.9 Å². The molecule has 0 aliphatic heterocycles. The highest BCUT2D eigenvalue weighted by molar-refractivity contribution is 5.88.